The molecule has 3 heteroatoms. The summed E-state index contributed by atoms with van der Waals surface area (Å²) in [5, 5.41) is 0.629. The van der Waals surface area contributed by atoms with E-state index < -0.39 is 0 Å². The molecular formula is C17H18BrFO. The molecule has 0 radical (unpaired) electrons. The van der Waals surface area contributed by atoms with Crippen molar-refractivity contribution in [3.8, 4) is 11.5 Å². The number of halogens is 2. The van der Waals surface area contributed by atoms with E-state index >= 15 is 0 Å². The molecule has 2 aromatic rings. The summed E-state index contributed by atoms with van der Waals surface area (Å²) in [4.78, 5) is 0. The molecule has 0 saturated carbocycles. The van der Waals surface area contributed by atoms with Gasteiger partial charge in [0, 0.05) is 5.33 Å². The third-order valence-electron chi connectivity index (χ3n) is 3.08. The molecule has 2 rings (SSSR count). The summed E-state index contributed by atoms with van der Waals surface area (Å²) in [5.41, 5.74) is 2.09. The van der Waals surface area contributed by atoms with E-state index in [1.54, 1.807) is 6.07 Å². The third-order valence-corrected chi connectivity index (χ3v) is 3.73. The van der Waals surface area contributed by atoms with Crippen molar-refractivity contribution in [2.45, 2.75) is 31.5 Å². The minimum Gasteiger partial charge on any atom is -0.454 e. The van der Waals surface area contributed by atoms with Gasteiger partial charge in [-0.25, -0.2) is 4.39 Å². The summed E-state index contributed by atoms with van der Waals surface area (Å²) < 4.78 is 19.6. The number of alkyl halides is 1. The van der Waals surface area contributed by atoms with Crippen LogP contribution in [0.25, 0.3) is 0 Å². The van der Waals surface area contributed by atoms with E-state index in [0.717, 1.165) is 11.1 Å². The van der Waals surface area contributed by atoms with Crippen molar-refractivity contribution in [2.24, 2.45) is 0 Å². The fourth-order valence-electron chi connectivity index (χ4n) is 1.86. The Hall–Kier alpha value is -1.35. The zero-order valence-electron chi connectivity index (χ0n) is 11.9. The summed E-state index contributed by atoms with van der Waals surface area (Å²) >= 11 is 3.31. The molecule has 0 aromatic heterocycles. The summed E-state index contributed by atoms with van der Waals surface area (Å²) in [7, 11) is 0. The van der Waals surface area contributed by atoms with Crippen LogP contribution in [-0.2, 0) is 10.7 Å². The Kier molecular flexibility index (Phi) is 4.48. The van der Waals surface area contributed by atoms with E-state index in [2.05, 4.69) is 42.8 Å². The normalized spacial score (nSPS) is 11.4. The molecule has 106 valence electrons. The quantitative estimate of drug-likeness (QED) is 0.642. The van der Waals surface area contributed by atoms with E-state index in [1.165, 1.54) is 6.07 Å². The molecule has 0 spiro atoms. The average Bonchev–Trinajstić information content (AvgIpc) is 2.40. The predicted molar refractivity (Wildman–Crippen MR) is 84.2 cm³/mol. The Labute approximate surface area is 127 Å². The van der Waals surface area contributed by atoms with Crippen LogP contribution in [0.15, 0.2) is 42.5 Å². The van der Waals surface area contributed by atoms with Crippen LogP contribution in [0.5, 0.6) is 11.5 Å². The molecule has 0 bridgehead atoms. The van der Waals surface area contributed by atoms with Crippen LogP contribution in [0.1, 0.15) is 31.9 Å². The predicted octanol–water partition coefficient (Wildman–Crippen LogP) is 5.81. The molecule has 0 aliphatic rings. The van der Waals surface area contributed by atoms with Crippen LogP contribution in [0.3, 0.4) is 0 Å². The van der Waals surface area contributed by atoms with Gasteiger partial charge in [0.2, 0.25) is 0 Å². The fourth-order valence-corrected chi connectivity index (χ4v) is 2.21. The molecule has 0 N–H and O–H groups in total. The van der Waals surface area contributed by atoms with Crippen molar-refractivity contribution >= 4 is 15.9 Å². The molecule has 20 heavy (non-hydrogen) atoms. The lowest BCUT2D eigenvalue weighted by Crippen LogP contribution is -2.10. The van der Waals surface area contributed by atoms with Gasteiger partial charge in [0.15, 0.2) is 11.6 Å². The molecule has 1 nitrogen and oxygen atoms in total. The van der Waals surface area contributed by atoms with Gasteiger partial charge in [0.05, 0.1) is 0 Å². The minimum absolute atomic E-state index is 0.0394. The first-order chi connectivity index (χ1) is 9.40. The van der Waals surface area contributed by atoms with Crippen LogP contribution in [0, 0.1) is 5.82 Å². The zero-order chi connectivity index (χ0) is 14.8. The molecule has 0 atom stereocenters. The van der Waals surface area contributed by atoms with Crippen molar-refractivity contribution < 1.29 is 9.13 Å². The number of hydrogen-bond acceptors (Lipinski definition) is 1. The molecule has 2 aromatic carbocycles. The van der Waals surface area contributed by atoms with Crippen LogP contribution >= 0.6 is 15.9 Å². The maximum absolute atomic E-state index is 13.9. The molecule has 0 heterocycles. The molecule has 0 amide bonds. The van der Waals surface area contributed by atoms with E-state index in [-0.39, 0.29) is 17.0 Å². The van der Waals surface area contributed by atoms with Crippen molar-refractivity contribution in [2.75, 3.05) is 0 Å². The molecule has 0 fully saturated rings. The van der Waals surface area contributed by atoms with Gasteiger partial charge in [-0.05, 0) is 40.8 Å². The lowest BCUT2D eigenvalue weighted by Gasteiger charge is -2.19. The van der Waals surface area contributed by atoms with Gasteiger partial charge >= 0.3 is 0 Å². The maximum atomic E-state index is 13.9. The van der Waals surface area contributed by atoms with Gasteiger partial charge in [-0.2, -0.15) is 0 Å². The Morgan fingerprint density at radius 3 is 2.45 bits per heavy atom. The standard InChI is InChI=1S/C17H18BrFO/c1-17(2,3)13-5-4-6-14(10-13)20-16-8-7-12(11-18)9-15(16)19/h4-10H,11H2,1-3H3. The second-order valence-electron chi connectivity index (χ2n) is 5.78. The molecular weight excluding hydrogens is 319 g/mol. The Morgan fingerprint density at radius 1 is 1.10 bits per heavy atom. The van der Waals surface area contributed by atoms with E-state index in [9.17, 15) is 4.39 Å². The van der Waals surface area contributed by atoms with Crippen LogP contribution in [-0.4, -0.2) is 0 Å². The minimum atomic E-state index is -0.344. The number of benzene rings is 2. The molecule has 0 saturated heterocycles. The molecule has 0 unspecified atom stereocenters. The number of ether oxygens (including phenoxy) is 1. The van der Waals surface area contributed by atoms with Gasteiger partial charge in [-0.1, -0.05) is 54.9 Å². The van der Waals surface area contributed by atoms with Crippen molar-refractivity contribution in [1.82, 2.24) is 0 Å². The Morgan fingerprint density at radius 2 is 1.85 bits per heavy atom. The SMILES string of the molecule is CC(C)(C)c1cccc(Oc2ccc(CBr)cc2F)c1. The Balaban J connectivity index is 2.26. The lowest BCUT2D eigenvalue weighted by atomic mass is 9.87. The van der Waals surface area contributed by atoms with Gasteiger partial charge < -0.3 is 4.74 Å². The summed E-state index contributed by atoms with van der Waals surface area (Å²) in [6, 6.07) is 12.8. The Bertz CT molecular complexity index is 602. The van der Waals surface area contributed by atoms with E-state index in [4.69, 9.17) is 4.74 Å². The van der Waals surface area contributed by atoms with Crippen molar-refractivity contribution in [3.05, 3.63) is 59.4 Å². The van der Waals surface area contributed by atoms with Crippen LogP contribution in [0.2, 0.25) is 0 Å². The number of hydrogen-bond donors (Lipinski definition) is 0. The fraction of sp³-hybridized carbons (Fsp3) is 0.294. The second-order valence-corrected chi connectivity index (χ2v) is 6.34. The van der Waals surface area contributed by atoms with Crippen molar-refractivity contribution in [3.63, 3.8) is 0 Å². The van der Waals surface area contributed by atoms with Crippen molar-refractivity contribution in [1.29, 1.82) is 0 Å². The number of rotatable bonds is 3. The highest BCUT2D eigenvalue weighted by Gasteiger charge is 2.14. The second kappa shape index (κ2) is 5.96. The maximum Gasteiger partial charge on any atom is 0.166 e. The van der Waals surface area contributed by atoms with Gasteiger partial charge in [-0.15, -0.1) is 0 Å². The smallest absolute Gasteiger partial charge is 0.166 e. The monoisotopic (exact) mass is 336 g/mol. The molecule has 0 aliphatic heterocycles. The van der Waals surface area contributed by atoms with Gasteiger partial charge in [0.1, 0.15) is 5.75 Å². The van der Waals surface area contributed by atoms with Crippen LogP contribution < -0.4 is 4.74 Å². The first-order valence-electron chi connectivity index (χ1n) is 6.53. The topological polar surface area (TPSA) is 9.23 Å². The highest BCUT2D eigenvalue weighted by molar-refractivity contribution is 9.08. The first-order valence-corrected chi connectivity index (χ1v) is 7.65. The first kappa shape index (κ1) is 15.0. The molecule has 0 aliphatic carbocycles. The largest absolute Gasteiger partial charge is 0.454 e. The van der Waals surface area contributed by atoms with E-state index in [0.29, 0.717) is 11.1 Å². The van der Waals surface area contributed by atoms with Gasteiger partial charge in [0.25, 0.3) is 0 Å². The van der Waals surface area contributed by atoms with E-state index in [1.807, 2.05) is 24.3 Å². The highest BCUT2D eigenvalue weighted by Crippen LogP contribution is 2.30. The highest BCUT2D eigenvalue weighted by atomic mass is 79.9. The summed E-state index contributed by atoms with van der Waals surface area (Å²) in [6.45, 7) is 6.41. The van der Waals surface area contributed by atoms with Crippen LogP contribution in [0.4, 0.5) is 4.39 Å². The zero-order valence-corrected chi connectivity index (χ0v) is 13.5. The summed E-state index contributed by atoms with van der Waals surface area (Å²) in [6.07, 6.45) is 0. The average molecular weight is 337 g/mol. The third kappa shape index (κ3) is 3.60. The summed E-state index contributed by atoms with van der Waals surface area (Å²) in [5.74, 6) is 0.562. The van der Waals surface area contributed by atoms with Gasteiger partial charge in [-0.3, -0.25) is 0 Å². The lowest BCUT2D eigenvalue weighted by molar-refractivity contribution is 0.440.